The Balaban J connectivity index is 1.85. The van der Waals surface area contributed by atoms with Crippen molar-refractivity contribution in [3.63, 3.8) is 0 Å². The third-order valence-electron chi connectivity index (χ3n) is 3.52. The molecule has 1 amide bonds. The molecule has 1 saturated heterocycles. The van der Waals surface area contributed by atoms with Crippen LogP contribution in [0.4, 0.5) is 0 Å². The maximum absolute atomic E-state index is 12.1. The molecule has 2 rings (SSSR count). The van der Waals surface area contributed by atoms with Gasteiger partial charge in [0.05, 0.1) is 12.1 Å². The Hall–Kier alpha value is -1.53. The molecule has 1 N–H and O–H groups in total. The molecule has 0 saturated carbocycles. The summed E-state index contributed by atoms with van der Waals surface area (Å²) in [5.41, 5.74) is 0.958. The number of nitrogens with zero attached hydrogens (tertiary/aromatic N) is 4. The molecule has 0 radical (unpaired) electrons. The lowest BCUT2D eigenvalue weighted by Crippen LogP contribution is -2.38. The smallest absolute Gasteiger partial charge is 0.223 e. The molecular weight excluding hydrogens is 244 g/mol. The molecule has 0 aliphatic carbocycles. The minimum atomic E-state index is -0.459. The molecule has 0 unspecified atom stereocenters. The summed E-state index contributed by atoms with van der Waals surface area (Å²) in [5, 5.41) is 9.91. The zero-order valence-electron chi connectivity index (χ0n) is 11.4. The van der Waals surface area contributed by atoms with Gasteiger partial charge in [0.15, 0.2) is 0 Å². The number of carbonyl (C=O) groups is 1. The first kappa shape index (κ1) is 13.9. The summed E-state index contributed by atoms with van der Waals surface area (Å²) < 4.78 is 0. The quantitative estimate of drug-likeness (QED) is 0.797. The number of aryl methyl sites for hydroxylation is 1. The van der Waals surface area contributed by atoms with Crippen molar-refractivity contribution in [1.82, 2.24) is 19.8 Å². The number of aromatic nitrogens is 2. The number of hydrogen-bond acceptors (Lipinski definition) is 5. The number of β-amino-alcohol motifs (C(OH)–C–C–N with tert-alkyl or cyclic N) is 1. The molecule has 104 valence electrons. The minimum Gasteiger partial charge on any atom is -0.390 e. The molecule has 0 aromatic carbocycles. The standard InChI is InChI=1S/C13H20N4O2/c1-16(2)11-7-17(8-12(11)18)13(19)4-3-10-5-14-9-15-6-10/h5-6,9,11-12,18H,3-4,7-8H2,1-2H3/t11-,12-/m0/s1. The normalized spacial score (nSPS) is 23.1. The van der Waals surface area contributed by atoms with Gasteiger partial charge in [-0.15, -0.1) is 0 Å². The Kier molecular flexibility index (Phi) is 4.44. The summed E-state index contributed by atoms with van der Waals surface area (Å²) in [6, 6.07) is 0.0315. The molecular formula is C13H20N4O2. The average Bonchev–Trinajstić information content (AvgIpc) is 2.79. The molecule has 2 heterocycles. The van der Waals surface area contributed by atoms with Crippen molar-refractivity contribution in [1.29, 1.82) is 0 Å². The van der Waals surface area contributed by atoms with Gasteiger partial charge in [-0.25, -0.2) is 9.97 Å². The van der Waals surface area contributed by atoms with Crippen LogP contribution in [0.25, 0.3) is 0 Å². The molecule has 1 fully saturated rings. The number of aliphatic hydroxyl groups excluding tert-OH is 1. The van der Waals surface area contributed by atoms with Gasteiger partial charge in [0.2, 0.25) is 5.91 Å². The van der Waals surface area contributed by atoms with Gasteiger partial charge in [-0.05, 0) is 26.1 Å². The molecule has 6 nitrogen and oxygen atoms in total. The van der Waals surface area contributed by atoms with Crippen molar-refractivity contribution in [2.24, 2.45) is 0 Å². The number of carbonyl (C=O) groups excluding carboxylic acids is 1. The second-order valence-corrected chi connectivity index (χ2v) is 5.14. The van der Waals surface area contributed by atoms with Gasteiger partial charge >= 0.3 is 0 Å². The van der Waals surface area contributed by atoms with Crippen molar-refractivity contribution < 1.29 is 9.90 Å². The van der Waals surface area contributed by atoms with Crippen LogP contribution in [0.15, 0.2) is 18.7 Å². The van der Waals surface area contributed by atoms with Crippen LogP contribution in [-0.4, -0.2) is 70.1 Å². The van der Waals surface area contributed by atoms with Crippen LogP contribution in [0, 0.1) is 0 Å². The number of likely N-dealkylation sites (N-methyl/N-ethyl adjacent to an activating group) is 1. The number of likely N-dealkylation sites (tertiary alicyclic amines) is 1. The summed E-state index contributed by atoms with van der Waals surface area (Å²) in [6.07, 6.45) is 5.53. The fourth-order valence-corrected chi connectivity index (χ4v) is 2.35. The SMILES string of the molecule is CN(C)[C@H]1CN(C(=O)CCc2cncnc2)C[C@@H]1O. The highest BCUT2D eigenvalue weighted by atomic mass is 16.3. The van der Waals surface area contributed by atoms with E-state index in [2.05, 4.69) is 9.97 Å². The van der Waals surface area contributed by atoms with Crippen LogP contribution in [0.1, 0.15) is 12.0 Å². The summed E-state index contributed by atoms with van der Waals surface area (Å²) in [5.74, 6) is 0.0762. The average molecular weight is 264 g/mol. The largest absolute Gasteiger partial charge is 0.390 e. The lowest BCUT2D eigenvalue weighted by Gasteiger charge is -2.21. The molecule has 2 atom stereocenters. The lowest BCUT2D eigenvalue weighted by molar-refractivity contribution is -0.130. The molecule has 6 heteroatoms. The van der Waals surface area contributed by atoms with E-state index in [1.54, 1.807) is 17.3 Å². The highest BCUT2D eigenvalue weighted by molar-refractivity contribution is 5.76. The fourth-order valence-electron chi connectivity index (χ4n) is 2.35. The van der Waals surface area contributed by atoms with Crippen molar-refractivity contribution >= 4 is 5.91 Å². The molecule has 19 heavy (non-hydrogen) atoms. The van der Waals surface area contributed by atoms with Crippen molar-refractivity contribution in [2.75, 3.05) is 27.2 Å². The lowest BCUT2D eigenvalue weighted by atomic mass is 10.2. The van der Waals surface area contributed by atoms with Gasteiger partial charge < -0.3 is 14.9 Å². The van der Waals surface area contributed by atoms with Crippen LogP contribution >= 0.6 is 0 Å². The van der Waals surface area contributed by atoms with E-state index in [1.165, 1.54) is 6.33 Å². The second kappa shape index (κ2) is 6.08. The second-order valence-electron chi connectivity index (χ2n) is 5.14. The van der Waals surface area contributed by atoms with Gasteiger partial charge in [-0.1, -0.05) is 0 Å². The number of aliphatic hydroxyl groups is 1. The number of rotatable bonds is 4. The number of hydrogen-bond donors (Lipinski definition) is 1. The highest BCUT2D eigenvalue weighted by Gasteiger charge is 2.34. The monoisotopic (exact) mass is 264 g/mol. The van der Waals surface area contributed by atoms with Crippen LogP contribution in [0.5, 0.6) is 0 Å². The summed E-state index contributed by atoms with van der Waals surface area (Å²) in [4.78, 5) is 23.6. The van der Waals surface area contributed by atoms with Gasteiger partial charge in [0, 0.05) is 31.9 Å². The van der Waals surface area contributed by atoms with Gasteiger partial charge in [0.25, 0.3) is 0 Å². The predicted molar refractivity (Wildman–Crippen MR) is 70.4 cm³/mol. The van der Waals surface area contributed by atoms with E-state index in [1.807, 2.05) is 19.0 Å². The third kappa shape index (κ3) is 3.48. The zero-order chi connectivity index (χ0) is 13.8. The molecule has 0 bridgehead atoms. The zero-order valence-corrected chi connectivity index (χ0v) is 11.4. The topological polar surface area (TPSA) is 69.6 Å². The van der Waals surface area contributed by atoms with Gasteiger partial charge in [0.1, 0.15) is 6.33 Å². The van der Waals surface area contributed by atoms with E-state index in [0.29, 0.717) is 25.9 Å². The van der Waals surface area contributed by atoms with Crippen LogP contribution < -0.4 is 0 Å². The summed E-state index contributed by atoms with van der Waals surface area (Å²) >= 11 is 0. The van der Waals surface area contributed by atoms with Gasteiger partial charge in [-0.3, -0.25) is 4.79 Å². The van der Waals surface area contributed by atoms with Crippen LogP contribution in [0.2, 0.25) is 0 Å². The van der Waals surface area contributed by atoms with Crippen molar-refractivity contribution in [3.8, 4) is 0 Å². The Labute approximate surface area is 113 Å². The molecule has 0 spiro atoms. The molecule has 1 aliphatic rings. The highest BCUT2D eigenvalue weighted by Crippen LogP contribution is 2.15. The first-order chi connectivity index (χ1) is 9.08. The first-order valence-corrected chi connectivity index (χ1v) is 6.44. The third-order valence-corrected chi connectivity index (χ3v) is 3.52. The van der Waals surface area contributed by atoms with Gasteiger partial charge in [-0.2, -0.15) is 0 Å². The Bertz CT molecular complexity index is 424. The van der Waals surface area contributed by atoms with E-state index in [0.717, 1.165) is 5.56 Å². The number of amides is 1. The minimum absolute atomic E-state index is 0.0315. The Morgan fingerprint density at radius 1 is 1.42 bits per heavy atom. The van der Waals surface area contributed by atoms with E-state index in [4.69, 9.17) is 0 Å². The fraction of sp³-hybridized carbons (Fsp3) is 0.615. The maximum Gasteiger partial charge on any atom is 0.223 e. The molecule has 1 aromatic heterocycles. The van der Waals surface area contributed by atoms with Crippen LogP contribution in [0.3, 0.4) is 0 Å². The summed E-state index contributed by atoms with van der Waals surface area (Å²) in [7, 11) is 3.84. The Morgan fingerprint density at radius 2 is 2.11 bits per heavy atom. The van der Waals surface area contributed by atoms with E-state index < -0.39 is 6.10 Å². The van der Waals surface area contributed by atoms with E-state index in [-0.39, 0.29) is 11.9 Å². The maximum atomic E-state index is 12.1. The Morgan fingerprint density at radius 3 is 2.68 bits per heavy atom. The van der Waals surface area contributed by atoms with E-state index in [9.17, 15) is 9.90 Å². The predicted octanol–water partition coefficient (Wildman–Crippen LogP) is -0.457. The molecule has 1 aromatic rings. The van der Waals surface area contributed by atoms with Crippen molar-refractivity contribution in [2.45, 2.75) is 25.0 Å². The summed E-state index contributed by atoms with van der Waals surface area (Å²) in [6.45, 7) is 1.02. The van der Waals surface area contributed by atoms with Crippen molar-refractivity contribution in [3.05, 3.63) is 24.3 Å². The van der Waals surface area contributed by atoms with E-state index >= 15 is 0 Å². The van der Waals surface area contributed by atoms with Crippen LogP contribution in [-0.2, 0) is 11.2 Å². The first-order valence-electron chi connectivity index (χ1n) is 6.44. The molecule has 1 aliphatic heterocycles.